The van der Waals surface area contributed by atoms with E-state index in [2.05, 4.69) is 4.98 Å². The van der Waals surface area contributed by atoms with Crippen LogP contribution < -0.4 is 0 Å². The number of halogens is 3. The van der Waals surface area contributed by atoms with Crippen LogP contribution in [-0.2, 0) is 17.6 Å². The lowest BCUT2D eigenvalue weighted by molar-refractivity contribution is -0.139. The van der Waals surface area contributed by atoms with Crippen LogP contribution in [0.1, 0.15) is 24.0 Å². The third-order valence-electron chi connectivity index (χ3n) is 4.53. The molecule has 3 rings (SSSR count). The van der Waals surface area contributed by atoms with E-state index in [9.17, 15) is 28.3 Å². The van der Waals surface area contributed by atoms with Gasteiger partial charge in [-0.2, -0.15) is 18.4 Å². The van der Waals surface area contributed by atoms with Gasteiger partial charge in [0.15, 0.2) is 0 Å². The number of aromatic nitrogens is 2. The Morgan fingerprint density at radius 2 is 2.07 bits per heavy atom. The molecule has 28 heavy (non-hydrogen) atoms. The first-order valence-corrected chi connectivity index (χ1v) is 8.18. The third kappa shape index (κ3) is 3.49. The highest BCUT2D eigenvalue weighted by molar-refractivity contribution is 5.90. The fraction of sp³-hybridized carbons (Fsp3) is 0.211. The molecule has 0 bridgehead atoms. The fourth-order valence-electron chi connectivity index (χ4n) is 3.21. The zero-order valence-corrected chi connectivity index (χ0v) is 14.7. The summed E-state index contributed by atoms with van der Waals surface area (Å²) in [4.78, 5) is 17.3. The molecule has 1 aromatic carbocycles. The van der Waals surface area contributed by atoms with E-state index in [-0.39, 0.29) is 23.4 Å². The summed E-state index contributed by atoms with van der Waals surface area (Å²) in [6, 6.07) is 6.64. The molecule has 1 aliphatic rings. The largest absolute Gasteiger partial charge is 0.478 e. The summed E-state index contributed by atoms with van der Waals surface area (Å²) in [5, 5.41) is 19.4. The Hall–Kier alpha value is -3.54. The quantitative estimate of drug-likeness (QED) is 0.863. The SMILES string of the molecule is CC1=C(C#N)C(c2ccccc2C(F)(F)F)C(C(=O)O)=CN1Cn1ccnc1. The molecule has 0 fully saturated rings. The standard InChI is InChI=1S/C19H15F3N4O2/c1-12-14(8-23)17(13-4-2-3-5-16(13)19(20,21)22)15(18(27)28)9-26(12)11-25-7-6-24-10-25/h2-7,9-10,17H,11H2,1H3,(H,27,28). The van der Waals surface area contributed by atoms with Crippen molar-refractivity contribution in [2.24, 2.45) is 0 Å². The lowest BCUT2D eigenvalue weighted by Crippen LogP contribution is -2.30. The zero-order valence-electron chi connectivity index (χ0n) is 14.7. The van der Waals surface area contributed by atoms with Crippen molar-refractivity contribution in [2.75, 3.05) is 0 Å². The van der Waals surface area contributed by atoms with E-state index in [0.717, 1.165) is 6.07 Å². The summed E-state index contributed by atoms with van der Waals surface area (Å²) in [6.45, 7) is 1.75. The van der Waals surface area contributed by atoms with Crippen molar-refractivity contribution in [3.63, 3.8) is 0 Å². The molecule has 1 N–H and O–H groups in total. The number of hydrogen-bond acceptors (Lipinski definition) is 4. The number of nitrogens with zero attached hydrogens (tertiary/aromatic N) is 4. The van der Waals surface area contributed by atoms with E-state index in [0.29, 0.717) is 5.70 Å². The van der Waals surface area contributed by atoms with Crippen molar-refractivity contribution in [3.05, 3.63) is 77.2 Å². The molecule has 1 aliphatic heterocycles. The van der Waals surface area contributed by atoms with Crippen molar-refractivity contribution in [2.45, 2.75) is 25.7 Å². The average Bonchev–Trinajstić information content (AvgIpc) is 3.15. The van der Waals surface area contributed by atoms with Gasteiger partial charge in [-0.05, 0) is 18.6 Å². The van der Waals surface area contributed by atoms with Gasteiger partial charge in [-0.25, -0.2) is 9.78 Å². The van der Waals surface area contributed by atoms with Gasteiger partial charge in [-0.3, -0.25) is 0 Å². The fourth-order valence-corrected chi connectivity index (χ4v) is 3.21. The van der Waals surface area contributed by atoms with Crippen LogP contribution in [0.5, 0.6) is 0 Å². The maximum atomic E-state index is 13.5. The Kier molecular flexibility index (Phi) is 4.96. The van der Waals surface area contributed by atoms with Gasteiger partial charge < -0.3 is 14.6 Å². The molecule has 0 radical (unpaired) electrons. The van der Waals surface area contributed by atoms with E-state index in [1.165, 1.54) is 35.6 Å². The van der Waals surface area contributed by atoms with Crippen molar-refractivity contribution in [1.29, 1.82) is 5.26 Å². The van der Waals surface area contributed by atoms with Gasteiger partial charge in [0.05, 0.1) is 41.7 Å². The van der Waals surface area contributed by atoms with Gasteiger partial charge >= 0.3 is 12.1 Å². The molecule has 0 aliphatic carbocycles. The van der Waals surface area contributed by atoms with Crippen LogP contribution in [0.3, 0.4) is 0 Å². The summed E-state index contributed by atoms with van der Waals surface area (Å²) in [5.74, 6) is -2.71. The minimum absolute atomic E-state index is 0.0447. The molecule has 0 saturated carbocycles. The van der Waals surface area contributed by atoms with Gasteiger partial charge in [0.25, 0.3) is 0 Å². The van der Waals surface area contributed by atoms with Crippen molar-refractivity contribution >= 4 is 5.97 Å². The van der Waals surface area contributed by atoms with E-state index in [4.69, 9.17) is 0 Å². The lowest BCUT2D eigenvalue weighted by atomic mass is 9.80. The second-order valence-electron chi connectivity index (χ2n) is 6.21. The summed E-state index contributed by atoms with van der Waals surface area (Å²) >= 11 is 0. The smallest absolute Gasteiger partial charge is 0.416 e. The number of imidazole rings is 1. The predicted molar refractivity (Wildman–Crippen MR) is 92.3 cm³/mol. The molecule has 1 atom stereocenters. The second kappa shape index (κ2) is 7.23. The molecule has 144 valence electrons. The molecule has 0 amide bonds. The van der Waals surface area contributed by atoms with Crippen LogP contribution in [0.2, 0.25) is 0 Å². The van der Waals surface area contributed by atoms with Crippen molar-refractivity contribution < 1.29 is 23.1 Å². The molecule has 1 aromatic heterocycles. The number of allylic oxidation sites excluding steroid dienone is 2. The van der Waals surface area contributed by atoms with Gasteiger partial charge in [0, 0.05) is 24.3 Å². The molecular weight excluding hydrogens is 373 g/mol. The van der Waals surface area contributed by atoms with E-state index in [1.54, 1.807) is 23.9 Å². The molecule has 0 saturated heterocycles. The molecular formula is C19H15F3N4O2. The number of nitriles is 1. The number of aliphatic carboxylic acids is 1. The number of carboxylic acid groups (broad SMARTS) is 1. The number of hydrogen-bond donors (Lipinski definition) is 1. The number of alkyl halides is 3. The Morgan fingerprint density at radius 3 is 2.64 bits per heavy atom. The monoisotopic (exact) mass is 388 g/mol. The van der Waals surface area contributed by atoms with E-state index < -0.39 is 23.6 Å². The number of carboxylic acids is 1. The highest BCUT2D eigenvalue weighted by Gasteiger charge is 2.40. The zero-order chi connectivity index (χ0) is 20.5. The summed E-state index contributed by atoms with van der Waals surface area (Å²) in [6.07, 6.45) is 1.30. The van der Waals surface area contributed by atoms with Crippen LogP contribution in [-0.4, -0.2) is 25.5 Å². The number of carbonyl (C=O) groups is 1. The highest BCUT2D eigenvalue weighted by atomic mass is 19.4. The second-order valence-corrected chi connectivity index (χ2v) is 6.21. The first-order valence-electron chi connectivity index (χ1n) is 8.18. The normalized spacial score (nSPS) is 17.3. The Balaban J connectivity index is 2.17. The molecule has 2 aromatic rings. The lowest BCUT2D eigenvalue weighted by Gasteiger charge is -2.33. The minimum atomic E-state index is -4.68. The molecule has 0 spiro atoms. The Bertz CT molecular complexity index is 1000. The average molecular weight is 388 g/mol. The van der Waals surface area contributed by atoms with Crippen LogP contribution >= 0.6 is 0 Å². The van der Waals surface area contributed by atoms with Crippen molar-refractivity contribution in [1.82, 2.24) is 14.5 Å². The summed E-state index contributed by atoms with van der Waals surface area (Å²) in [7, 11) is 0. The first kappa shape index (κ1) is 19.2. The number of rotatable bonds is 4. The highest BCUT2D eigenvalue weighted by Crippen LogP contribution is 2.43. The van der Waals surface area contributed by atoms with Crippen LogP contribution in [0.15, 0.2) is 66.0 Å². The van der Waals surface area contributed by atoms with E-state index >= 15 is 0 Å². The Labute approximate surface area is 158 Å². The van der Waals surface area contributed by atoms with Crippen LogP contribution in [0.25, 0.3) is 0 Å². The van der Waals surface area contributed by atoms with Gasteiger partial charge in [0.1, 0.15) is 0 Å². The van der Waals surface area contributed by atoms with Gasteiger partial charge in [0.2, 0.25) is 0 Å². The molecule has 2 heterocycles. The predicted octanol–water partition coefficient (Wildman–Crippen LogP) is 3.72. The molecule has 9 heteroatoms. The summed E-state index contributed by atoms with van der Waals surface area (Å²) < 4.78 is 42.2. The maximum Gasteiger partial charge on any atom is 0.416 e. The Morgan fingerprint density at radius 1 is 1.36 bits per heavy atom. The molecule has 6 nitrogen and oxygen atoms in total. The van der Waals surface area contributed by atoms with Crippen LogP contribution in [0, 0.1) is 11.3 Å². The van der Waals surface area contributed by atoms with Gasteiger partial charge in [-0.15, -0.1) is 0 Å². The van der Waals surface area contributed by atoms with Crippen LogP contribution in [0.4, 0.5) is 13.2 Å². The van der Waals surface area contributed by atoms with Crippen molar-refractivity contribution in [3.8, 4) is 6.07 Å². The maximum absolute atomic E-state index is 13.5. The molecule has 1 unspecified atom stereocenters. The van der Waals surface area contributed by atoms with Gasteiger partial charge in [-0.1, -0.05) is 18.2 Å². The van der Waals surface area contributed by atoms with E-state index in [1.807, 2.05) is 6.07 Å². The first-order chi connectivity index (χ1) is 13.2. The third-order valence-corrected chi connectivity index (χ3v) is 4.53. The minimum Gasteiger partial charge on any atom is -0.478 e. The topological polar surface area (TPSA) is 82.1 Å². The number of benzene rings is 1. The summed E-state index contributed by atoms with van der Waals surface area (Å²) in [5.41, 5.74) is -1.20.